The largest absolute Gasteiger partial charge is 0.362 e. The third kappa shape index (κ3) is 4.52. The lowest BCUT2D eigenvalue weighted by atomic mass is 9.85. The molecule has 1 aromatic heterocycles. The van der Waals surface area contributed by atoms with E-state index in [1.807, 2.05) is 23.1 Å². The summed E-state index contributed by atoms with van der Waals surface area (Å²) in [7, 11) is 0. The zero-order valence-corrected chi connectivity index (χ0v) is 14.8. The van der Waals surface area contributed by atoms with Gasteiger partial charge in [0, 0.05) is 28.0 Å². The molecule has 0 saturated carbocycles. The van der Waals surface area contributed by atoms with Gasteiger partial charge in [0.2, 0.25) is 0 Å². The molecular formula is C16H26N2S2. The fourth-order valence-corrected chi connectivity index (χ4v) is 4.41. The van der Waals surface area contributed by atoms with E-state index in [0.717, 1.165) is 11.6 Å². The lowest BCUT2D eigenvalue weighted by molar-refractivity contribution is 0.315. The van der Waals surface area contributed by atoms with Crippen molar-refractivity contribution < 1.29 is 0 Å². The van der Waals surface area contributed by atoms with Gasteiger partial charge in [-0.25, -0.2) is 0 Å². The van der Waals surface area contributed by atoms with E-state index >= 15 is 0 Å². The first-order chi connectivity index (χ1) is 9.34. The molecule has 2 unspecified atom stereocenters. The molecule has 0 aliphatic carbocycles. The molecule has 4 heteroatoms. The fraction of sp³-hybridized carbons (Fsp3) is 0.688. The second-order valence-corrected chi connectivity index (χ2v) is 9.17. The highest BCUT2D eigenvalue weighted by molar-refractivity contribution is 8.13. The predicted molar refractivity (Wildman–Crippen MR) is 93.1 cm³/mol. The van der Waals surface area contributed by atoms with Crippen LogP contribution in [0.15, 0.2) is 17.1 Å². The van der Waals surface area contributed by atoms with Crippen LogP contribution in [-0.2, 0) is 6.42 Å². The minimum Gasteiger partial charge on any atom is -0.362 e. The first kappa shape index (κ1) is 15.9. The number of amidine groups is 1. The zero-order valence-electron chi connectivity index (χ0n) is 13.2. The summed E-state index contributed by atoms with van der Waals surface area (Å²) < 4.78 is 0. The van der Waals surface area contributed by atoms with E-state index in [0.29, 0.717) is 12.1 Å². The van der Waals surface area contributed by atoms with Crippen molar-refractivity contribution in [1.82, 2.24) is 5.32 Å². The maximum Gasteiger partial charge on any atom is 0.157 e. The van der Waals surface area contributed by atoms with E-state index in [1.54, 1.807) is 0 Å². The van der Waals surface area contributed by atoms with Gasteiger partial charge in [-0.05, 0) is 37.8 Å². The molecule has 0 radical (unpaired) electrons. The van der Waals surface area contributed by atoms with Gasteiger partial charge in [0.1, 0.15) is 0 Å². The Balaban J connectivity index is 1.93. The van der Waals surface area contributed by atoms with Crippen LogP contribution in [0.2, 0.25) is 0 Å². The number of hydrogen-bond donors (Lipinski definition) is 1. The quantitative estimate of drug-likeness (QED) is 0.890. The molecule has 2 rings (SSSR count). The molecule has 0 aromatic carbocycles. The SMILES string of the molecule is Cc1ccc(CC(C)NC2=NC(C(C)(C)C)CCS2)s1. The molecule has 1 aliphatic rings. The number of aryl methyl sites for hydroxylation is 1. The van der Waals surface area contributed by atoms with Gasteiger partial charge in [0.05, 0.1) is 6.04 Å². The number of thioether (sulfide) groups is 1. The first-order valence-electron chi connectivity index (χ1n) is 7.37. The Bertz CT molecular complexity index is 471. The van der Waals surface area contributed by atoms with Gasteiger partial charge < -0.3 is 5.32 Å². The van der Waals surface area contributed by atoms with Crippen molar-refractivity contribution in [2.45, 2.75) is 59.5 Å². The Morgan fingerprint density at radius 2 is 2.15 bits per heavy atom. The molecule has 1 aliphatic heterocycles. The molecule has 1 aromatic rings. The first-order valence-corrected chi connectivity index (χ1v) is 9.17. The van der Waals surface area contributed by atoms with Gasteiger partial charge in [-0.2, -0.15) is 0 Å². The maximum absolute atomic E-state index is 4.91. The normalized spacial score (nSPS) is 21.4. The highest BCUT2D eigenvalue weighted by Gasteiger charge is 2.27. The van der Waals surface area contributed by atoms with Gasteiger partial charge in [-0.3, -0.25) is 4.99 Å². The molecule has 2 atom stereocenters. The maximum atomic E-state index is 4.91. The second-order valence-electron chi connectivity index (χ2n) is 6.72. The van der Waals surface area contributed by atoms with Crippen molar-refractivity contribution in [1.29, 1.82) is 0 Å². The minimum atomic E-state index is 0.266. The van der Waals surface area contributed by atoms with E-state index in [2.05, 4.69) is 52.1 Å². The van der Waals surface area contributed by atoms with Crippen LogP contribution in [0.1, 0.15) is 43.9 Å². The highest BCUT2D eigenvalue weighted by Crippen LogP contribution is 2.30. The van der Waals surface area contributed by atoms with Crippen LogP contribution in [0, 0.1) is 12.3 Å². The fourth-order valence-electron chi connectivity index (χ4n) is 2.37. The molecule has 0 amide bonds. The van der Waals surface area contributed by atoms with Crippen molar-refractivity contribution in [3.8, 4) is 0 Å². The van der Waals surface area contributed by atoms with E-state index in [9.17, 15) is 0 Å². The van der Waals surface area contributed by atoms with Crippen LogP contribution >= 0.6 is 23.1 Å². The van der Waals surface area contributed by atoms with Crippen LogP contribution in [0.5, 0.6) is 0 Å². The highest BCUT2D eigenvalue weighted by atomic mass is 32.2. The van der Waals surface area contributed by atoms with Crippen molar-refractivity contribution in [3.05, 3.63) is 21.9 Å². The number of thiophene rings is 1. The average molecular weight is 311 g/mol. The number of aliphatic imine (C=N–C) groups is 1. The molecule has 2 heterocycles. The Hall–Kier alpha value is -0.480. The predicted octanol–water partition coefficient (Wildman–Crippen LogP) is 4.48. The summed E-state index contributed by atoms with van der Waals surface area (Å²) in [5.41, 5.74) is 0.266. The molecule has 20 heavy (non-hydrogen) atoms. The Morgan fingerprint density at radius 3 is 2.75 bits per heavy atom. The third-order valence-corrected chi connectivity index (χ3v) is 5.54. The van der Waals surface area contributed by atoms with Crippen LogP contribution in [0.3, 0.4) is 0 Å². The van der Waals surface area contributed by atoms with Gasteiger partial charge in [0.25, 0.3) is 0 Å². The van der Waals surface area contributed by atoms with Gasteiger partial charge in [-0.1, -0.05) is 32.5 Å². The summed E-state index contributed by atoms with van der Waals surface area (Å²) in [5.74, 6) is 1.18. The summed E-state index contributed by atoms with van der Waals surface area (Å²) >= 11 is 3.77. The van der Waals surface area contributed by atoms with Gasteiger partial charge in [0.15, 0.2) is 5.17 Å². The molecule has 112 valence electrons. The van der Waals surface area contributed by atoms with E-state index in [1.165, 1.54) is 21.9 Å². The number of hydrogen-bond acceptors (Lipinski definition) is 4. The molecule has 0 spiro atoms. The number of rotatable bonds is 3. The average Bonchev–Trinajstić information content (AvgIpc) is 2.73. The summed E-state index contributed by atoms with van der Waals surface area (Å²) in [5, 5.41) is 4.73. The Labute approximate surface area is 131 Å². The topological polar surface area (TPSA) is 24.4 Å². The lowest BCUT2D eigenvalue weighted by Gasteiger charge is -2.31. The van der Waals surface area contributed by atoms with Crippen molar-refractivity contribution in [2.75, 3.05) is 5.75 Å². The van der Waals surface area contributed by atoms with E-state index < -0.39 is 0 Å². The summed E-state index contributed by atoms with van der Waals surface area (Å²) in [4.78, 5) is 7.76. The van der Waals surface area contributed by atoms with E-state index in [4.69, 9.17) is 4.99 Å². The smallest absolute Gasteiger partial charge is 0.157 e. The Kier molecular flexibility index (Phi) is 5.19. The van der Waals surface area contributed by atoms with Gasteiger partial charge >= 0.3 is 0 Å². The van der Waals surface area contributed by atoms with Crippen molar-refractivity contribution in [2.24, 2.45) is 10.4 Å². The number of nitrogens with zero attached hydrogens (tertiary/aromatic N) is 1. The van der Waals surface area contributed by atoms with Crippen molar-refractivity contribution in [3.63, 3.8) is 0 Å². The van der Waals surface area contributed by atoms with Crippen LogP contribution in [0.25, 0.3) is 0 Å². The van der Waals surface area contributed by atoms with E-state index in [-0.39, 0.29) is 5.41 Å². The molecule has 2 nitrogen and oxygen atoms in total. The summed E-state index contributed by atoms with van der Waals surface area (Å²) in [6, 6.07) is 5.33. The van der Waals surface area contributed by atoms with Crippen molar-refractivity contribution >= 4 is 28.3 Å². The molecule has 0 saturated heterocycles. The zero-order chi connectivity index (χ0) is 14.8. The van der Waals surface area contributed by atoms with Crippen LogP contribution in [0.4, 0.5) is 0 Å². The summed E-state index contributed by atoms with van der Waals surface area (Å²) in [6.45, 7) is 11.3. The Morgan fingerprint density at radius 1 is 1.40 bits per heavy atom. The minimum absolute atomic E-state index is 0.266. The third-order valence-electron chi connectivity index (χ3n) is 3.58. The number of nitrogens with one attached hydrogen (secondary N) is 1. The summed E-state index contributed by atoms with van der Waals surface area (Å²) in [6.07, 6.45) is 2.27. The molecule has 1 N–H and O–H groups in total. The standard InChI is InChI=1S/C16H26N2S2/c1-11(10-13-7-6-12(2)20-13)17-15-18-14(8-9-19-15)16(3,4)5/h6-7,11,14H,8-10H2,1-5H3,(H,17,18). The van der Waals surface area contributed by atoms with Crippen LogP contribution < -0.4 is 5.32 Å². The van der Waals surface area contributed by atoms with Crippen LogP contribution in [-0.4, -0.2) is 23.0 Å². The molecule has 0 fully saturated rings. The molecule has 0 bridgehead atoms. The molecular weight excluding hydrogens is 284 g/mol. The lowest BCUT2D eigenvalue weighted by Crippen LogP contribution is -2.37. The monoisotopic (exact) mass is 310 g/mol. The van der Waals surface area contributed by atoms with Gasteiger partial charge in [-0.15, -0.1) is 11.3 Å². The second kappa shape index (κ2) is 6.52.